The van der Waals surface area contributed by atoms with Crippen LogP contribution in [0, 0.1) is 0 Å². The summed E-state index contributed by atoms with van der Waals surface area (Å²) in [6.45, 7) is 0.513. The number of nitrogens with zero attached hydrogens (tertiary/aromatic N) is 2. The minimum absolute atomic E-state index is 0.513. The van der Waals surface area contributed by atoms with Crippen LogP contribution >= 0.6 is 0 Å². The second-order valence-corrected chi connectivity index (χ2v) is 1.13. The molecule has 0 unspecified atom stereocenters. The zero-order chi connectivity index (χ0) is 5.11. The molecule has 0 bridgehead atoms. The summed E-state index contributed by atoms with van der Waals surface area (Å²) in [5, 5.41) is 1.26. The predicted octanol–water partition coefficient (Wildman–Crippen LogP) is -1.05. The quantitative estimate of drug-likeness (QED) is 0.426. The summed E-state index contributed by atoms with van der Waals surface area (Å²) in [5.74, 6) is 0. The average molecular weight is 99.1 g/mol. The fourth-order valence-electron chi connectivity index (χ4n) is 0.357. The van der Waals surface area contributed by atoms with Crippen molar-refractivity contribution in [3.63, 3.8) is 0 Å². The highest BCUT2D eigenvalue weighted by Crippen LogP contribution is 1.77. The van der Waals surface area contributed by atoms with Gasteiger partial charge in [-0.2, -0.15) is 0 Å². The maximum absolute atomic E-state index is 9.78. The summed E-state index contributed by atoms with van der Waals surface area (Å²) in [5.41, 5.74) is 2.65. The number of aliphatic imine (C=N–C) groups is 1. The second-order valence-electron chi connectivity index (χ2n) is 1.13. The van der Waals surface area contributed by atoms with E-state index in [9.17, 15) is 4.79 Å². The Morgan fingerprint density at radius 1 is 2.00 bits per heavy atom. The van der Waals surface area contributed by atoms with Gasteiger partial charge in [0.15, 0.2) is 0 Å². The maximum atomic E-state index is 9.78. The standard InChI is InChI=1S/C3H5N3O/c7-3-6-2-4-1-5-6/h2-3,5H,1H2. The second kappa shape index (κ2) is 1.70. The van der Waals surface area contributed by atoms with Crippen molar-refractivity contribution in [2.75, 3.05) is 6.67 Å². The van der Waals surface area contributed by atoms with Gasteiger partial charge in [0.05, 0.1) is 0 Å². The van der Waals surface area contributed by atoms with Gasteiger partial charge in [-0.25, -0.2) is 10.4 Å². The Balaban J connectivity index is 2.42. The molecule has 1 aliphatic rings. The molecule has 0 spiro atoms. The first kappa shape index (κ1) is 4.26. The normalized spacial score (nSPS) is 18.0. The van der Waals surface area contributed by atoms with Crippen molar-refractivity contribution in [2.45, 2.75) is 0 Å². The van der Waals surface area contributed by atoms with Crippen LogP contribution in [-0.4, -0.2) is 24.4 Å². The lowest BCUT2D eigenvalue weighted by Crippen LogP contribution is -2.29. The average Bonchev–Trinajstić information content (AvgIpc) is 2.14. The Hall–Kier alpha value is -0.900. The molecule has 0 aromatic rings. The lowest BCUT2D eigenvalue weighted by molar-refractivity contribution is -0.116. The van der Waals surface area contributed by atoms with Gasteiger partial charge in [-0.1, -0.05) is 0 Å². The van der Waals surface area contributed by atoms with E-state index < -0.39 is 0 Å². The monoisotopic (exact) mass is 99.0 g/mol. The van der Waals surface area contributed by atoms with Gasteiger partial charge >= 0.3 is 0 Å². The highest BCUT2D eigenvalue weighted by atomic mass is 16.1. The Kier molecular flexibility index (Phi) is 1.04. The van der Waals surface area contributed by atoms with Crippen molar-refractivity contribution >= 4 is 12.7 Å². The van der Waals surface area contributed by atoms with Crippen molar-refractivity contribution in [3.05, 3.63) is 0 Å². The molecule has 1 rings (SSSR count). The van der Waals surface area contributed by atoms with Crippen molar-refractivity contribution < 1.29 is 4.79 Å². The maximum Gasteiger partial charge on any atom is 0.229 e. The van der Waals surface area contributed by atoms with Crippen molar-refractivity contribution in [2.24, 2.45) is 4.99 Å². The number of hydrogen-bond acceptors (Lipinski definition) is 3. The molecule has 0 aromatic carbocycles. The van der Waals surface area contributed by atoms with Crippen LogP contribution in [0.2, 0.25) is 0 Å². The third-order valence-corrected chi connectivity index (χ3v) is 0.664. The van der Waals surface area contributed by atoms with Gasteiger partial charge in [-0.05, 0) is 0 Å². The fraction of sp³-hybridized carbons (Fsp3) is 0.333. The molecule has 0 saturated heterocycles. The van der Waals surface area contributed by atoms with E-state index in [0.717, 1.165) is 0 Å². The SMILES string of the molecule is O=CN1C=NCN1. The van der Waals surface area contributed by atoms with Crippen molar-refractivity contribution in [3.8, 4) is 0 Å². The number of carbonyl (C=O) groups excluding carboxylic acids is 1. The Labute approximate surface area is 40.8 Å². The summed E-state index contributed by atoms with van der Waals surface area (Å²) < 4.78 is 0. The molecule has 1 N–H and O–H groups in total. The molecule has 0 fully saturated rings. The lowest BCUT2D eigenvalue weighted by atomic mass is 11.1. The fourth-order valence-corrected chi connectivity index (χ4v) is 0.357. The molecule has 0 saturated carbocycles. The lowest BCUT2D eigenvalue weighted by Gasteiger charge is -1.99. The van der Waals surface area contributed by atoms with Crippen LogP contribution in [-0.2, 0) is 4.79 Å². The van der Waals surface area contributed by atoms with Crippen molar-refractivity contribution in [1.29, 1.82) is 0 Å². The minimum atomic E-state index is 0.513. The molecule has 38 valence electrons. The Morgan fingerprint density at radius 2 is 2.86 bits per heavy atom. The van der Waals surface area contributed by atoms with E-state index in [1.54, 1.807) is 0 Å². The first-order valence-electron chi connectivity index (χ1n) is 1.90. The van der Waals surface area contributed by atoms with Gasteiger partial charge in [0.2, 0.25) is 6.41 Å². The summed E-state index contributed by atoms with van der Waals surface area (Å²) in [6.07, 6.45) is 2.10. The van der Waals surface area contributed by atoms with Gasteiger partial charge in [0.1, 0.15) is 13.0 Å². The van der Waals surface area contributed by atoms with Gasteiger partial charge in [-0.15, -0.1) is 0 Å². The minimum Gasteiger partial charge on any atom is -0.277 e. The molecular formula is C3H5N3O. The van der Waals surface area contributed by atoms with E-state index in [2.05, 4.69) is 10.4 Å². The van der Waals surface area contributed by atoms with Crippen LogP contribution in [0.5, 0.6) is 0 Å². The van der Waals surface area contributed by atoms with E-state index >= 15 is 0 Å². The van der Waals surface area contributed by atoms with Gasteiger partial charge in [0.25, 0.3) is 0 Å². The van der Waals surface area contributed by atoms with Crippen LogP contribution in [0.4, 0.5) is 0 Å². The zero-order valence-corrected chi connectivity index (χ0v) is 3.66. The van der Waals surface area contributed by atoms with Crippen LogP contribution in [0.3, 0.4) is 0 Å². The van der Waals surface area contributed by atoms with E-state index in [0.29, 0.717) is 13.1 Å². The molecule has 0 aromatic heterocycles. The zero-order valence-electron chi connectivity index (χ0n) is 3.66. The molecule has 1 aliphatic heterocycles. The van der Waals surface area contributed by atoms with Crippen LogP contribution in [0.15, 0.2) is 4.99 Å². The summed E-state index contributed by atoms with van der Waals surface area (Å²) in [4.78, 5) is 13.5. The van der Waals surface area contributed by atoms with Crippen LogP contribution in [0.1, 0.15) is 0 Å². The molecule has 1 heterocycles. The van der Waals surface area contributed by atoms with Crippen molar-refractivity contribution in [1.82, 2.24) is 10.4 Å². The number of nitrogens with one attached hydrogen (secondary N) is 1. The van der Waals surface area contributed by atoms with E-state index in [1.165, 1.54) is 11.3 Å². The number of amides is 1. The van der Waals surface area contributed by atoms with E-state index in [1.807, 2.05) is 0 Å². The highest BCUT2D eigenvalue weighted by Gasteiger charge is 1.97. The van der Waals surface area contributed by atoms with Crippen LogP contribution in [0.25, 0.3) is 0 Å². The number of rotatable bonds is 1. The first-order chi connectivity index (χ1) is 3.43. The molecule has 0 aliphatic carbocycles. The third kappa shape index (κ3) is 0.747. The predicted molar refractivity (Wildman–Crippen MR) is 24.4 cm³/mol. The Morgan fingerprint density at radius 3 is 3.14 bits per heavy atom. The number of hydrazine groups is 1. The summed E-state index contributed by atoms with van der Waals surface area (Å²) in [6, 6.07) is 0. The largest absolute Gasteiger partial charge is 0.277 e. The van der Waals surface area contributed by atoms with Gasteiger partial charge in [0, 0.05) is 0 Å². The van der Waals surface area contributed by atoms with Gasteiger partial charge < -0.3 is 0 Å². The molecule has 0 atom stereocenters. The first-order valence-corrected chi connectivity index (χ1v) is 1.90. The topological polar surface area (TPSA) is 44.7 Å². The molecular weight excluding hydrogens is 94.1 g/mol. The molecule has 4 nitrogen and oxygen atoms in total. The number of carbonyl (C=O) groups is 1. The van der Waals surface area contributed by atoms with E-state index in [4.69, 9.17) is 0 Å². The number of hydrogen-bond donors (Lipinski definition) is 1. The van der Waals surface area contributed by atoms with Gasteiger partial charge in [-0.3, -0.25) is 9.79 Å². The highest BCUT2D eigenvalue weighted by molar-refractivity contribution is 5.72. The molecule has 4 heteroatoms. The summed E-state index contributed by atoms with van der Waals surface area (Å²) >= 11 is 0. The molecule has 1 amide bonds. The third-order valence-electron chi connectivity index (χ3n) is 0.664. The summed E-state index contributed by atoms with van der Waals surface area (Å²) in [7, 11) is 0. The molecule has 7 heavy (non-hydrogen) atoms. The van der Waals surface area contributed by atoms with E-state index in [-0.39, 0.29) is 0 Å². The van der Waals surface area contributed by atoms with Crippen LogP contribution < -0.4 is 5.43 Å². The molecule has 0 radical (unpaired) electrons. The smallest absolute Gasteiger partial charge is 0.229 e. The Bertz CT molecular complexity index is 100.